The highest BCUT2D eigenvalue weighted by molar-refractivity contribution is 5.95. The molecule has 0 heterocycles. The first-order valence-corrected chi connectivity index (χ1v) is 9.16. The predicted octanol–water partition coefficient (Wildman–Crippen LogP) is 3.13. The van der Waals surface area contributed by atoms with E-state index in [-0.39, 0.29) is 24.5 Å². The van der Waals surface area contributed by atoms with Crippen molar-refractivity contribution in [3.8, 4) is 0 Å². The van der Waals surface area contributed by atoms with E-state index in [0.29, 0.717) is 0 Å². The SMILES string of the molecule is O=C(CNC(c1ccccc1)c1ccccc1)NC(=O)NC1CCCC1. The van der Waals surface area contributed by atoms with Crippen molar-refractivity contribution < 1.29 is 9.59 Å². The fraction of sp³-hybridized carbons (Fsp3) is 0.333. The predicted molar refractivity (Wildman–Crippen MR) is 102 cm³/mol. The third-order valence-corrected chi connectivity index (χ3v) is 4.68. The Hall–Kier alpha value is -2.66. The number of benzene rings is 2. The van der Waals surface area contributed by atoms with Crippen LogP contribution in [0.4, 0.5) is 4.79 Å². The van der Waals surface area contributed by atoms with Gasteiger partial charge in [0.2, 0.25) is 5.91 Å². The third-order valence-electron chi connectivity index (χ3n) is 4.68. The Balaban J connectivity index is 1.57. The van der Waals surface area contributed by atoms with Crippen LogP contribution in [0.25, 0.3) is 0 Å². The number of hydrogen-bond donors (Lipinski definition) is 3. The van der Waals surface area contributed by atoms with Crippen molar-refractivity contribution in [3.05, 3.63) is 71.8 Å². The maximum atomic E-state index is 12.2. The van der Waals surface area contributed by atoms with Crippen LogP contribution >= 0.6 is 0 Å². The molecule has 1 saturated carbocycles. The number of amides is 3. The summed E-state index contributed by atoms with van der Waals surface area (Å²) in [6, 6.07) is 19.6. The molecule has 5 nitrogen and oxygen atoms in total. The van der Waals surface area contributed by atoms with E-state index in [9.17, 15) is 9.59 Å². The lowest BCUT2D eigenvalue weighted by atomic mass is 9.99. The molecule has 0 aromatic heterocycles. The van der Waals surface area contributed by atoms with E-state index in [1.165, 1.54) is 0 Å². The lowest BCUT2D eigenvalue weighted by Crippen LogP contribution is -2.46. The summed E-state index contributed by atoms with van der Waals surface area (Å²) in [5.74, 6) is -0.336. The monoisotopic (exact) mass is 351 g/mol. The largest absolute Gasteiger partial charge is 0.335 e. The summed E-state index contributed by atoms with van der Waals surface area (Å²) in [6.45, 7) is 0.0620. The summed E-state index contributed by atoms with van der Waals surface area (Å²) in [6.07, 6.45) is 4.25. The number of imide groups is 1. The highest BCUT2D eigenvalue weighted by Crippen LogP contribution is 2.21. The van der Waals surface area contributed by atoms with Crippen LogP contribution in [0.2, 0.25) is 0 Å². The smallest absolute Gasteiger partial charge is 0.321 e. The minimum Gasteiger partial charge on any atom is -0.335 e. The molecule has 2 aromatic carbocycles. The van der Waals surface area contributed by atoms with Gasteiger partial charge in [0.05, 0.1) is 12.6 Å². The number of urea groups is 1. The minimum atomic E-state index is -0.403. The van der Waals surface area contributed by atoms with Crippen LogP contribution in [0.1, 0.15) is 42.9 Å². The zero-order valence-corrected chi connectivity index (χ0v) is 14.8. The lowest BCUT2D eigenvalue weighted by Gasteiger charge is -2.20. The number of hydrogen-bond acceptors (Lipinski definition) is 3. The van der Waals surface area contributed by atoms with Gasteiger partial charge in [-0.1, -0.05) is 73.5 Å². The van der Waals surface area contributed by atoms with E-state index in [1.807, 2.05) is 60.7 Å². The van der Waals surface area contributed by atoms with Crippen molar-refractivity contribution in [2.24, 2.45) is 0 Å². The summed E-state index contributed by atoms with van der Waals surface area (Å²) in [4.78, 5) is 24.1. The summed E-state index contributed by atoms with van der Waals surface area (Å²) in [7, 11) is 0. The van der Waals surface area contributed by atoms with Crippen LogP contribution in [0.15, 0.2) is 60.7 Å². The van der Waals surface area contributed by atoms with Crippen LogP contribution < -0.4 is 16.0 Å². The van der Waals surface area contributed by atoms with Crippen molar-refractivity contribution in [2.45, 2.75) is 37.8 Å². The summed E-state index contributed by atoms with van der Waals surface area (Å²) in [5.41, 5.74) is 2.14. The second-order valence-electron chi connectivity index (χ2n) is 6.64. The molecule has 0 aliphatic heterocycles. The van der Waals surface area contributed by atoms with Gasteiger partial charge in [-0.05, 0) is 24.0 Å². The van der Waals surface area contributed by atoms with Crippen LogP contribution in [0, 0.1) is 0 Å². The van der Waals surface area contributed by atoms with Crippen LogP contribution in [0.5, 0.6) is 0 Å². The fourth-order valence-corrected chi connectivity index (χ4v) is 3.38. The molecule has 2 aromatic rings. The molecular formula is C21H25N3O2. The van der Waals surface area contributed by atoms with Gasteiger partial charge in [0.15, 0.2) is 0 Å². The molecule has 0 radical (unpaired) electrons. The zero-order valence-electron chi connectivity index (χ0n) is 14.8. The summed E-state index contributed by atoms with van der Waals surface area (Å²) < 4.78 is 0. The molecular weight excluding hydrogens is 326 g/mol. The normalized spacial score (nSPS) is 14.3. The van der Waals surface area contributed by atoms with E-state index in [0.717, 1.165) is 36.8 Å². The molecule has 0 atom stereocenters. The zero-order chi connectivity index (χ0) is 18.2. The number of carbonyl (C=O) groups excluding carboxylic acids is 2. The molecule has 0 unspecified atom stereocenters. The van der Waals surface area contributed by atoms with Gasteiger partial charge < -0.3 is 5.32 Å². The quantitative estimate of drug-likeness (QED) is 0.749. The second-order valence-corrected chi connectivity index (χ2v) is 6.64. The average molecular weight is 351 g/mol. The van der Waals surface area contributed by atoms with Crippen molar-refractivity contribution in [1.29, 1.82) is 0 Å². The first-order chi connectivity index (χ1) is 12.7. The molecule has 136 valence electrons. The van der Waals surface area contributed by atoms with Crippen LogP contribution in [0.3, 0.4) is 0 Å². The topological polar surface area (TPSA) is 70.2 Å². The van der Waals surface area contributed by atoms with Crippen molar-refractivity contribution in [2.75, 3.05) is 6.54 Å². The minimum absolute atomic E-state index is 0.0620. The molecule has 0 saturated heterocycles. The Morgan fingerprint density at radius 3 is 1.96 bits per heavy atom. The van der Waals surface area contributed by atoms with Gasteiger partial charge in [0.1, 0.15) is 0 Å². The maximum absolute atomic E-state index is 12.2. The molecule has 0 bridgehead atoms. The Kier molecular flexibility index (Phi) is 6.39. The van der Waals surface area contributed by atoms with Crippen LogP contribution in [-0.2, 0) is 4.79 Å². The molecule has 1 aliphatic carbocycles. The standard InChI is InChI=1S/C21H25N3O2/c25-19(24-21(26)23-18-13-7-8-14-18)15-22-20(16-9-3-1-4-10-16)17-11-5-2-6-12-17/h1-6,9-12,18,20,22H,7-8,13-15H2,(H2,23,24,25,26). The van der Waals surface area contributed by atoms with Gasteiger partial charge in [-0.25, -0.2) is 4.79 Å². The fourth-order valence-electron chi connectivity index (χ4n) is 3.38. The first kappa shape index (κ1) is 18.1. The van der Waals surface area contributed by atoms with Gasteiger partial charge in [-0.3, -0.25) is 15.4 Å². The van der Waals surface area contributed by atoms with Crippen LogP contribution in [-0.4, -0.2) is 24.5 Å². The van der Waals surface area contributed by atoms with Crippen molar-refractivity contribution >= 4 is 11.9 Å². The second kappa shape index (κ2) is 9.15. The van der Waals surface area contributed by atoms with Gasteiger partial charge in [0, 0.05) is 6.04 Å². The number of carbonyl (C=O) groups is 2. The van der Waals surface area contributed by atoms with Gasteiger partial charge in [-0.15, -0.1) is 0 Å². The maximum Gasteiger partial charge on any atom is 0.321 e. The van der Waals surface area contributed by atoms with Gasteiger partial charge in [0.25, 0.3) is 0 Å². The summed E-state index contributed by atoms with van der Waals surface area (Å²) in [5, 5.41) is 8.53. The van der Waals surface area contributed by atoms with E-state index >= 15 is 0 Å². The van der Waals surface area contributed by atoms with E-state index < -0.39 is 6.03 Å². The Morgan fingerprint density at radius 2 is 1.42 bits per heavy atom. The highest BCUT2D eigenvalue weighted by Gasteiger charge is 2.19. The highest BCUT2D eigenvalue weighted by atomic mass is 16.2. The molecule has 3 amide bonds. The Bertz CT molecular complexity index is 673. The molecule has 5 heteroatoms. The third kappa shape index (κ3) is 5.17. The number of rotatable bonds is 6. The van der Waals surface area contributed by atoms with Crippen molar-refractivity contribution in [3.63, 3.8) is 0 Å². The van der Waals surface area contributed by atoms with E-state index in [4.69, 9.17) is 0 Å². The molecule has 26 heavy (non-hydrogen) atoms. The van der Waals surface area contributed by atoms with Gasteiger partial charge >= 0.3 is 6.03 Å². The summed E-state index contributed by atoms with van der Waals surface area (Å²) >= 11 is 0. The molecule has 1 fully saturated rings. The Labute approximate surface area is 154 Å². The molecule has 3 rings (SSSR count). The molecule has 1 aliphatic rings. The molecule has 3 N–H and O–H groups in total. The van der Waals surface area contributed by atoms with E-state index in [2.05, 4.69) is 16.0 Å². The first-order valence-electron chi connectivity index (χ1n) is 9.16. The van der Waals surface area contributed by atoms with Crippen molar-refractivity contribution in [1.82, 2.24) is 16.0 Å². The number of nitrogens with one attached hydrogen (secondary N) is 3. The average Bonchev–Trinajstić information content (AvgIpc) is 3.16. The lowest BCUT2D eigenvalue weighted by molar-refractivity contribution is -0.119. The van der Waals surface area contributed by atoms with E-state index in [1.54, 1.807) is 0 Å². The van der Waals surface area contributed by atoms with Gasteiger partial charge in [-0.2, -0.15) is 0 Å². The Morgan fingerprint density at radius 1 is 0.885 bits per heavy atom. The molecule has 0 spiro atoms.